The van der Waals surface area contributed by atoms with Crippen LogP contribution in [-0.4, -0.2) is 30.1 Å². The lowest BCUT2D eigenvalue weighted by Gasteiger charge is -2.46. The molecule has 3 aliphatic rings. The minimum Gasteiger partial charge on any atom is -0.327 e. The number of hydrogen-bond acceptors (Lipinski definition) is 2. The number of hydrogen-bond donors (Lipinski definition) is 1. The summed E-state index contributed by atoms with van der Waals surface area (Å²) >= 11 is 0. The molecule has 2 N–H and O–H groups in total. The van der Waals surface area contributed by atoms with Gasteiger partial charge in [0.1, 0.15) is 0 Å². The maximum Gasteiger partial charge on any atom is 0.0131 e. The molecule has 4 atom stereocenters. The van der Waals surface area contributed by atoms with Gasteiger partial charge < -0.3 is 5.73 Å². The van der Waals surface area contributed by atoms with Gasteiger partial charge in [0.2, 0.25) is 0 Å². The van der Waals surface area contributed by atoms with E-state index in [-0.39, 0.29) is 0 Å². The van der Waals surface area contributed by atoms with Crippen LogP contribution in [-0.2, 0) is 0 Å². The zero-order valence-corrected chi connectivity index (χ0v) is 12.9. The lowest BCUT2D eigenvalue weighted by molar-refractivity contribution is 0.0530. The lowest BCUT2D eigenvalue weighted by Crippen LogP contribution is -2.53. The molecule has 0 bridgehead atoms. The van der Waals surface area contributed by atoms with Crippen molar-refractivity contribution >= 4 is 0 Å². The average molecular weight is 264 g/mol. The van der Waals surface area contributed by atoms with Crippen LogP contribution in [0, 0.1) is 17.3 Å². The van der Waals surface area contributed by atoms with Crippen LogP contribution in [0.5, 0.6) is 0 Å². The molecule has 2 saturated carbocycles. The van der Waals surface area contributed by atoms with Crippen LogP contribution in [0.1, 0.15) is 65.2 Å². The molecule has 3 rings (SSSR count). The van der Waals surface area contributed by atoms with Gasteiger partial charge in [-0.05, 0) is 62.3 Å². The summed E-state index contributed by atoms with van der Waals surface area (Å²) in [5.41, 5.74) is 6.94. The number of rotatable bonds is 2. The first kappa shape index (κ1) is 13.9. The number of likely N-dealkylation sites (tertiary alicyclic amines) is 1. The van der Waals surface area contributed by atoms with Crippen LogP contribution in [0.4, 0.5) is 0 Å². The Morgan fingerprint density at radius 1 is 1.05 bits per heavy atom. The molecule has 3 fully saturated rings. The predicted octanol–water partition coefficient (Wildman–Crippen LogP) is 3.40. The lowest BCUT2D eigenvalue weighted by atomic mass is 9.68. The third kappa shape index (κ3) is 2.71. The third-order valence-corrected chi connectivity index (χ3v) is 6.38. The molecule has 2 nitrogen and oxygen atoms in total. The Balaban J connectivity index is 1.64. The second-order valence-corrected chi connectivity index (χ2v) is 8.06. The van der Waals surface area contributed by atoms with Crippen molar-refractivity contribution in [1.82, 2.24) is 4.90 Å². The topological polar surface area (TPSA) is 29.3 Å². The van der Waals surface area contributed by atoms with Crippen LogP contribution in [0.2, 0.25) is 0 Å². The summed E-state index contributed by atoms with van der Waals surface area (Å²) in [7, 11) is 0. The largest absolute Gasteiger partial charge is 0.327 e. The highest BCUT2D eigenvalue weighted by Crippen LogP contribution is 2.41. The van der Waals surface area contributed by atoms with E-state index in [4.69, 9.17) is 5.73 Å². The van der Waals surface area contributed by atoms with Crippen molar-refractivity contribution in [3.05, 3.63) is 0 Å². The fraction of sp³-hybridized carbons (Fsp3) is 1.00. The van der Waals surface area contributed by atoms with E-state index in [1.165, 1.54) is 64.5 Å². The smallest absolute Gasteiger partial charge is 0.0131 e. The number of piperidine rings is 1. The van der Waals surface area contributed by atoms with Gasteiger partial charge in [0, 0.05) is 18.6 Å². The maximum absolute atomic E-state index is 6.58. The van der Waals surface area contributed by atoms with Crippen LogP contribution in [0.3, 0.4) is 0 Å². The summed E-state index contributed by atoms with van der Waals surface area (Å²) < 4.78 is 0. The number of nitrogens with zero attached hydrogens (tertiary/aromatic N) is 1. The quantitative estimate of drug-likeness (QED) is 0.828. The summed E-state index contributed by atoms with van der Waals surface area (Å²) in [5.74, 6) is 1.75. The van der Waals surface area contributed by atoms with Crippen molar-refractivity contribution < 1.29 is 0 Å². The number of nitrogens with two attached hydrogens (primary N) is 1. The average Bonchev–Trinajstić information content (AvgIpc) is 2.84. The van der Waals surface area contributed by atoms with E-state index in [0.717, 1.165) is 17.9 Å². The fourth-order valence-electron chi connectivity index (χ4n) is 5.09. The first-order valence-electron chi connectivity index (χ1n) is 8.57. The minimum atomic E-state index is 0.355. The van der Waals surface area contributed by atoms with Gasteiger partial charge in [0.05, 0.1) is 0 Å². The molecule has 0 aromatic carbocycles. The highest BCUT2D eigenvalue weighted by molar-refractivity contribution is 4.95. The van der Waals surface area contributed by atoms with E-state index in [0.29, 0.717) is 11.5 Å². The molecule has 1 heterocycles. The molecule has 2 aliphatic carbocycles. The van der Waals surface area contributed by atoms with Crippen LogP contribution >= 0.6 is 0 Å². The third-order valence-electron chi connectivity index (χ3n) is 6.38. The van der Waals surface area contributed by atoms with E-state index < -0.39 is 0 Å². The van der Waals surface area contributed by atoms with Gasteiger partial charge in [0.25, 0.3) is 0 Å². The molecule has 2 heteroatoms. The van der Waals surface area contributed by atoms with E-state index in [1.54, 1.807) is 0 Å². The highest BCUT2D eigenvalue weighted by Gasteiger charge is 2.40. The van der Waals surface area contributed by atoms with Gasteiger partial charge in [-0.2, -0.15) is 0 Å². The van der Waals surface area contributed by atoms with E-state index in [1.807, 2.05) is 0 Å². The summed E-state index contributed by atoms with van der Waals surface area (Å²) in [6.07, 6.45) is 11.4. The summed E-state index contributed by atoms with van der Waals surface area (Å²) in [4.78, 5) is 2.83. The van der Waals surface area contributed by atoms with Crippen molar-refractivity contribution in [3.8, 4) is 0 Å². The zero-order valence-electron chi connectivity index (χ0n) is 12.9. The van der Waals surface area contributed by atoms with Crippen LogP contribution < -0.4 is 5.73 Å². The van der Waals surface area contributed by atoms with Crippen LogP contribution in [0.15, 0.2) is 0 Å². The van der Waals surface area contributed by atoms with Crippen molar-refractivity contribution in [2.75, 3.05) is 13.1 Å². The molecule has 1 aliphatic heterocycles. The summed E-state index contributed by atoms with van der Waals surface area (Å²) in [6, 6.07) is 1.31. The molecule has 0 aromatic heterocycles. The molecule has 4 unspecified atom stereocenters. The Morgan fingerprint density at radius 2 is 1.84 bits per heavy atom. The van der Waals surface area contributed by atoms with Gasteiger partial charge in [0.15, 0.2) is 0 Å². The van der Waals surface area contributed by atoms with Crippen molar-refractivity contribution in [3.63, 3.8) is 0 Å². The normalized spacial score (nSPS) is 43.1. The van der Waals surface area contributed by atoms with Gasteiger partial charge in [-0.3, -0.25) is 4.90 Å². The highest BCUT2D eigenvalue weighted by atomic mass is 15.2. The minimum absolute atomic E-state index is 0.355. The molecule has 19 heavy (non-hydrogen) atoms. The van der Waals surface area contributed by atoms with Crippen molar-refractivity contribution in [1.29, 1.82) is 0 Å². The zero-order chi connectivity index (χ0) is 13.5. The summed E-state index contributed by atoms with van der Waals surface area (Å²) in [5, 5.41) is 0. The molecular formula is C17H32N2. The molecule has 110 valence electrons. The molecule has 0 amide bonds. The molecule has 0 radical (unpaired) electrons. The maximum atomic E-state index is 6.58. The second kappa shape index (κ2) is 5.37. The molecule has 0 aromatic rings. The standard InChI is InChI=1S/C17H32N2/c1-17(2)10-4-7-14(16(17)18)12-19-11-5-8-13-6-3-9-15(13)19/h13-16H,3-12,18H2,1-2H3. The Labute approximate surface area is 119 Å². The van der Waals surface area contributed by atoms with Gasteiger partial charge in [-0.15, -0.1) is 0 Å². The van der Waals surface area contributed by atoms with Crippen LogP contribution in [0.25, 0.3) is 0 Å². The molecule has 1 saturated heterocycles. The second-order valence-electron chi connectivity index (χ2n) is 8.06. The van der Waals surface area contributed by atoms with Crippen molar-refractivity contribution in [2.24, 2.45) is 23.0 Å². The van der Waals surface area contributed by atoms with E-state index in [2.05, 4.69) is 18.7 Å². The van der Waals surface area contributed by atoms with Gasteiger partial charge >= 0.3 is 0 Å². The Kier molecular flexibility index (Phi) is 3.92. The summed E-state index contributed by atoms with van der Waals surface area (Å²) in [6.45, 7) is 7.37. The first-order chi connectivity index (χ1) is 9.08. The first-order valence-corrected chi connectivity index (χ1v) is 8.57. The molecular weight excluding hydrogens is 232 g/mol. The van der Waals surface area contributed by atoms with E-state index >= 15 is 0 Å². The van der Waals surface area contributed by atoms with Gasteiger partial charge in [-0.1, -0.05) is 26.7 Å². The van der Waals surface area contributed by atoms with Gasteiger partial charge in [-0.25, -0.2) is 0 Å². The SMILES string of the molecule is CC1(C)CCCC(CN2CCCC3CCCC32)C1N. The van der Waals surface area contributed by atoms with Crippen molar-refractivity contribution in [2.45, 2.75) is 77.3 Å². The fourth-order valence-corrected chi connectivity index (χ4v) is 5.09. The van der Waals surface area contributed by atoms with E-state index in [9.17, 15) is 0 Å². The predicted molar refractivity (Wildman–Crippen MR) is 81.0 cm³/mol. The Hall–Kier alpha value is -0.0800. The Morgan fingerprint density at radius 3 is 2.68 bits per heavy atom. The monoisotopic (exact) mass is 264 g/mol. The number of fused-ring (bicyclic) bond motifs is 1. The molecule has 0 spiro atoms. The Bertz CT molecular complexity index is 306.